The lowest BCUT2D eigenvalue weighted by Crippen LogP contribution is -2.39. The highest BCUT2D eigenvalue weighted by Gasteiger charge is 2.27. The van der Waals surface area contributed by atoms with Gasteiger partial charge in [0.25, 0.3) is 0 Å². The molecule has 5 nitrogen and oxygen atoms in total. The number of nitrogens with one attached hydrogen (secondary N) is 1. The molecule has 8 heteroatoms. The van der Waals surface area contributed by atoms with Crippen LogP contribution in [0.1, 0.15) is 31.6 Å². The van der Waals surface area contributed by atoms with Gasteiger partial charge in [-0.25, -0.2) is 4.98 Å². The normalized spacial score (nSPS) is 18.7. The van der Waals surface area contributed by atoms with Crippen LogP contribution in [0.4, 0.5) is 0 Å². The predicted octanol–water partition coefficient (Wildman–Crippen LogP) is 4.01. The van der Waals surface area contributed by atoms with Gasteiger partial charge in [-0.15, -0.1) is 24.8 Å². The Balaban J connectivity index is 0.00000169. The molecular formula is C18H24Cl3N3O2. The second kappa shape index (κ2) is 10.8. The summed E-state index contributed by atoms with van der Waals surface area (Å²) in [5.74, 6) is 1.59. The van der Waals surface area contributed by atoms with Crippen molar-refractivity contribution in [3.63, 3.8) is 0 Å². The number of hydrogen-bond donors (Lipinski definition) is 2. The van der Waals surface area contributed by atoms with E-state index < -0.39 is 0 Å². The molecule has 1 aromatic heterocycles. The first-order chi connectivity index (χ1) is 11.7. The van der Waals surface area contributed by atoms with Crippen LogP contribution in [0.25, 0.3) is 11.3 Å². The van der Waals surface area contributed by atoms with E-state index in [1.54, 1.807) is 6.20 Å². The van der Waals surface area contributed by atoms with E-state index in [0.717, 1.165) is 24.8 Å². The molecule has 1 heterocycles. The number of aromatic nitrogens is 1. The van der Waals surface area contributed by atoms with Crippen LogP contribution in [0.3, 0.4) is 0 Å². The summed E-state index contributed by atoms with van der Waals surface area (Å²) >= 11 is 6.16. The number of amides is 1. The van der Waals surface area contributed by atoms with Crippen LogP contribution in [0, 0.1) is 5.92 Å². The van der Waals surface area contributed by atoms with Crippen molar-refractivity contribution < 1.29 is 9.21 Å². The van der Waals surface area contributed by atoms with Gasteiger partial charge >= 0.3 is 0 Å². The number of nitrogens with zero attached hydrogens (tertiary/aromatic N) is 1. The number of halogens is 3. The number of carbonyl (C=O) groups excluding carboxylic acids is 1. The van der Waals surface area contributed by atoms with Gasteiger partial charge in [0.2, 0.25) is 5.91 Å². The Labute approximate surface area is 170 Å². The van der Waals surface area contributed by atoms with E-state index in [9.17, 15) is 4.79 Å². The monoisotopic (exact) mass is 419 g/mol. The zero-order valence-corrected chi connectivity index (χ0v) is 16.7. The van der Waals surface area contributed by atoms with Crippen molar-refractivity contribution in [1.82, 2.24) is 10.3 Å². The summed E-state index contributed by atoms with van der Waals surface area (Å²) in [7, 11) is 0. The van der Waals surface area contributed by atoms with Gasteiger partial charge in [0.05, 0.1) is 11.2 Å². The molecule has 0 aliphatic heterocycles. The SMILES string of the molecule is Cl.Cl.NCC1CCCC1NC(=O)CCc1ncc(-c2ccccc2Cl)o1. The number of aryl methyl sites for hydroxylation is 1. The fourth-order valence-electron chi connectivity index (χ4n) is 3.22. The molecule has 1 saturated carbocycles. The molecule has 0 saturated heterocycles. The minimum absolute atomic E-state index is 0. The highest BCUT2D eigenvalue weighted by molar-refractivity contribution is 6.33. The van der Waals surface area contributed by atoms with Gasteiger partial charge in [0.1, 0.15) is 0 Å². The van der Waals surface area contributed by atoms with Crippen LogP contribution in [0.2, 0.25) is 5.02 Å². The molecule has 1 aliphatic rings. The van der Waals surface area contributed by atoms with Crippen LogP contribution in [-0.2, 0) is 11.2 Å². The van der Waals surface area contributed by atoms with Gasteiger partial charge in [-0.1, -0.05) is 30.2 Å². The van der Waals surface area contributed by atoms with E-state index in [0.29, 0.717) is 42.0 Å². The topological polar surface area (TPSA) is 81.1 Å². The molecule has 0 bridgehead atoms. The molecule has 1 amide bonds. The highest BCUT2D eigenvalue weighted by Crippen LogP contribution is 2.28. The molecule has 2 atom stereocenters. The molecule has 1 aromatic carbocycles. The Morgan fingerprint density at radius 3 is 2.81 bits per heavy atom. The predicted molar refractivity (Wildman–Crippen MR) is 108 cm³/mol. The van der Waals surface area contributed by atoms with Crippen molar-refractivity contribution >= 4 is 42.3 Å². The molecular weight excluding hydrogens is 397 g/mol. The van der Waals surface area contributed by atoms with E-state index in [-0.39, 0.29) is 36.8 Å². The number of benzene rings is 1. The second-order valence-electron chi connectivity index (χ2n) is 6.20. The van der Waals surface area contributed by atoms with E-state index in [1.165, 1.54) is 0 Å². The Morgan fingerprint density at radius 1 is 1.31 bits per heavy atom. The van der Waals surface area contributed by atoms with Crippen molar-refractivity contribution in [3.8, 4) is 11.3 Å². The van der Waals surface area contributed by atoms with Gasteiger partial charge < -0.3 is 15.5 Å². The van der Waals surface area contributed by atoms with Crippen LogP contribution in [0.5, 0.6) is 0 Å². The van der Waals surface area contributed by atoms with Crippen LogP contribution in [0.15, 0.2) is 34.9 Å². The van der Waals surface area contributed by atoms with Gasteiger partial charge in [-0.05, 0) is 37.4 Å². The lowest BCUT2D eigenvalue weighted by molar-refractivity contribution is -0.122. The number of rotatable bonds is 6. The molecule has 1 fully saturated rings. The van der Waals surface area contributed by atoms with Crippen molar-refractivity contribution in [1.29, 1.82) is 0 Å². The maximum Gasteiger partial charge on any atom is 0.220 e. The third-order valence-corrected chi connectivity index (χ3v) is 4.90. The van der Waals surface area contributed by atoms with Crippen molar-refractivity contribution in [2.45, 2.75) is 38.1 Å². The van der Waals surface area contributed by atoms with Gasteiger partial charge in [0, 0.05) is 24.4 Å². The second-order valence-corrected chi connectivity index (χ2v) is 6.61. The third-order valence-electron chi connectivity index (χ3n) is 4.57. The maximum atomic E-state index is 12.1. The van der Waals surface area contributed by atoms with E-state index in [1.807, 2.05) is 24.3 Å². The Morgan fingerprint density at radius 2 is 2.08 bits per heavy atom. The lowest BCUT2D eigenvalue weighted by atomic mass is 10.0. The molecule has 0 spiro atoms. The molecule has 2 unspecified atom stereocenters. The molecule has 3 rings (SSSR count). The zero-order chi connectivity index (χ0) is 16.9. The first-order valence-corrected chi connectivity index (χ1v) is 8.74. The standard InChI is InChI=1S/C18H22ClN3O2.2ClH/c19-14-6-2-1-5-13(14)16-11-21-18(24-16)9-8-17(23)22-15-7-3-4-12(15)10-20;;/h1-2,5-6,11-12,15H,3-4,7-10,20H2,(H,22,23);2*1H. The van der Waals surface area contributed by atoms with Crippen LogP contribution in [-0.4, -0.2) is 23.5 Å². The summed E-state index contributed by atoms with van der Waals surface area (Å²) in [5.41, 5.74) is 6.55. The number of hydrogen-bond acceptors (Lipinski definition) is 4. The Hall–Kier alpha value is -1.27. The Kier molecular flexibility index (Phi) is 9.44. The molecule has 1 aliphatic carbocycles. The van der Waals surface area contributed by atoms with Crippen molar-refractivity contribution in [2.75, 3.05) is 6.54 Å². The summed E-state index contributed by atoms with van der Waals surface area (Å²) in [5, 5.41) is 3.71. The smallest absolute Gasteiger partial charge is 0.220 e. The minimum atomic E-state index is 0. The zero-order valence-electron chi connectivity index (χ0n) is 14.3. The molecule has 144 valence electrons. The van der Waals surface area contributed by atoms with Crippen LogP contribution < -0.4 is 11.1 Å². The fraction of sp³-hybridized carbons (Fsp3) is 0.444. The quantitative estimate of drug-likeness (QED) is 0.739. The first-order valence-electron chi connectivity index (χ1n) is 8.36. The Bertz CT molecular complexity index is 708. The van der Waals surface area contributed by atoms with Crippen molar-refractivity contribution in [2.24, 2.45) is 11.7 Å². The summed E-state index contributed by atoms with van der Waals surface area (Å²) in [4.78, 5) is 16.4. The van der Waals surface area contributed by atoms with Gasteiger partial charge in [-0.2, -0.15) is 0 Å². The van der Waals surface area contributed by atoms with Gasteiger partial charge in [0.15, 0.2) is 11.7 Å². The summed E-state index contributed by atoms with van der Waals surface area (Å²) < 4.78 is 5.72. The number of oxazole rings is 1. The summed E-state index contributed by atoms with van der Waals surface area (Å²) in [6.45, 7) is 0.631. The lowest BCUT2D eigenvalue weighted by Gasteiger charge is -2.19. The number of nitrogens with two attached hydrogens (primary N) is 1. The van der Waals surface area contributed by atoms with Gasteiger partial charge in [-0.3, -0.25) is 4.79 Å². The van der Waals surface area contributed by atoms with E-state index in [2.05, 4.69) is 10.3 Å². The minimum Gasteiger partial charge on any atom is -0.441 e. The molecule has 2 aromatic rings. The summed E-state index contributed by atoms with van der Waals surface area (Å²) in [6.07, 6.45) is 5.72. The first kappa shape index (κ1) is 22.8. The van der Waals surface area contributed by atoms with Crippen LogP contribution >= 0.6 is 36.4 Å². The fourth-order valence-corrected chi connectivity index (χ4v) is 3.45. The largest absolute Gasteiger partial charge is 0.441 e. The van der Waals surface area contributed by atoms with E-state index >= 15 is 0 Å². The summed E-state index contributed by atoms with van der Waals surface area (Å²) in [6, 6.07) is 7.66. The number of carbonyl (C=O) groups is 1. The van der Waals surface area contributed by atoms with Crippen molar-refractivity contribution in [3.05, 3.63) is 41.4 Å². The molecule has 0 radical (unpaired) electrons. The average Bonchev–Trinajstić information content (AvgIpc) is 3.22. The van der Waals surface area contributed by atoms with E-state index in [4.69, 9.17) is 21.8 Å². The third kappa shape index (κ3) is 5.61. The average molecular weight is 421 g/mol. The molecule has 3 N–H and O–H groups in total. The highest BCUT2D eigenvalue weighted by atomic mass is 35.5. The molecule has 26 heavy (non-hydrogen) atoms. The maximum absolute atomic E-state index is 12.1.